The molecular formula is C24H25N7O. The molecule has 3 heterocycles. The molecule has 3 aromatic heterocycles. The van der Waals surface area contributed by atoms with Crippen LogP contribution in [0.3, 0.4) is 0 Å². The van der Waals surface area contributed by atoms with E-state index in [9.17, 15) is 4.79 Å². The number of carbonyl (C=O) groups excluding carboxylic acids is 1. The van der Waals surface area contributed by atoms with Gasteiger partial charge in [0.15, 0.2) is 11.5 Å². The first kappa shape index (κ1) is 20.1. The first-order valence-corrected chi connectivity index (χ1v) is 10.8. The molecule has 1 amide bonds. The van der Waals surface area contributed by atoms with E-state index in [1.165, 1.54) is 11.1 Å². The van der Waals surface area contributed by atoms with Crippen LogP contribution in [0.15, 0.2) is 55.1 Å². The Balaban J connectivity index is 1.25. The van der Waals surface area contributed by atoms with Crippen molar-refractivity contribution < 1.29 is 4.79 Å². The summed E-state index contributed by atoms with van der Waals surface area (Å²) in [6.45, 7) is 4.66. The van der Waals surface area contributed by atoms with Gasteiger partial charge in [0, 0.05) is 24.3 Å². The van der Waals surface area contributed by atoms with E-state index in [4.69, 9.17) is 0 Å². The third-order valence-corrected chi connectivity index (χ3v) is 6.03. The van der Waals surface area contributed by atoms with E-state index in [2.05, 4.69) is 54.2 Å². The number of pyridine rings is 1. The molecule has 1 fully saturated rings. The highest BCUT2D eigenvalue weighted by atomic mass is 16.1. The predicted molar refractivity (Wildman–Crippen MR) is 122 cm³/mol. The van der Waals surface area contributed by atoms with Crippen molar-refractivity contribution in [3.8, 4) is 0 Å². The van der Waals surface area contributed by atoms with Gasteiger partial charge in [0.2, 0.25) is 0 Å². The normalized spacial score (nSPS) is 17.7. The van der Waals surface area contributed by atoms with E-state index in [1.807, 2.05) is 37.5 Å². The zero-order chi connectivity index (χ0) is 22.1. The van der Waals surface area contributed by atoms with E-state index >= 15 is 0 Å². The van der Waals surface area contributed by atoms with Gasteiger partial charge in [0.05, 0.1) is 6.33 Å². The summed E-state index contributed by atoms with van der Waals surface area (Å²) < 4.78 is 2.09. The molecule has 1 saturated carbocycles. The molecule has 162 valence electrons. The second kappa shape index (κ2) is 8.37. The van der Waals surface area contributed by atoms with Crippen LogP contribution in [-0.2, 0) is 6.54 Å². The smallest absolute Gasteiger partial charge is 0.270 e. The molecule has 5 rings (SSSR count). The Morgan fingerprint density at radius 2 is 1.91 bits per heavy atom. The number of nitrogens with one attached hydrogen (secondary N) is 2. The number of imidazole rings is 1. The number of amides is 1. The number of benzene rings is 1. The Morgan fingerprint density at radius 1 is 1.06 bits per heavy atom. The fourth-order valence-electron chi connectivity index (χ4n) is 4.10. The van der Waals surface area contributed by atoms with Crippen molar-refractivity contribution in [3.05, 3.63) is 77.6 Å². The number of hydrogen-bond acceptors (Lipinski definition) is 6. The summed E-state index contributed by atoms with van der Waals surface area (Å²) in [6, 6.07) is 14.1. The molecule has 1 aliphatic carbocycles. The highest BCUT2D eigenvalue weighted by molar-refractivity contribution is 5.92. The topological polar surface area (TPSA) is 97.6 Å². The van der Waals surface area contributed by atoms with Crippen LogP contribution in [0.25, 0.3) is 11.2 Å². The van der Waals surface area contributed by atoms with Crippen LogP contribution in [-0.4, -0.2) is 36.5 Å². The van der Waals surface area contributed by atoms with Crippen molar-refractivity contribution in [2.75, 3.05) is 5.32 Å². The first-order valence-electron chi connectivity index (χ1n) is 10.8. The van der Waals surface area contributed by atoms with Gasteiger partial charge in [-0.05, 0) is 49.9 Å². The van der Waals surface area contributed by atoms with Gasteiger partial charge in [-0.25, -0.2) is 19.9 Å². The lowest BCUT2D eigenvalue weighted by molar-refractivity contribution is 0.0889. The van der Waals surface area contributed by atoms with Crippen molar-refractivity contribution in [3.63, 3.8) is 0 Å². The average Bonchev–Trinajstić information content (AvgIpc) is 3.19. The SMILES string of the molecule is Cc1cccc(C(=O)NC2CC(n3cnc4c(NCc5ccccc5C)ncnc43)C2)n1. The molecule has 1 aliphatic rings. The summed E-state index contributed by atoms with van der Waals surface area (Å²) in [5.41, 5.74) is 5.32. The van der Waals surface area contributed by atoms with Gasteiger partial charge in [-0.1, -0.05) is 30.3 Å². The minimum Gasteiger partial charge on any atom is -0.364 e. The molecule has 8 nitrogen and oxygen atoms in total. The van der Waals surface area contributed by atoms with E-state index in [0.29, 0.717) is 12.2 Å². The number of anilines is 1. The molecule has 0 aliphatic heterocycles. The van der Waals surface area contributed by atoms with E-state index in [1.54, 1.807) is 12.4 Å². The van der Waals surface area contributed by atoms with Crippen LogP contribution in [0.1, 0.15) is 46.2 Å². The number of aryl methyl sites for hydroxylation is 2. The Hall–Kier alpha value is -3.81. The van der Waals surface area contributed by atoms with Crippen molar-refractivity contribution in [2.24, 2.45) is 0 Å². The van der Waals surface area contributed by atoms with Crippen LogP contribution in [0.5, 0.6) is 0 Å². The highest BCUT2D eigenvalue weighted by Crippen LogP contribution is 2.35. The second-order valence-electron chi connectivity index (χ2n) is 8.29. The predicted octanol–water partition coefficient (Wildman–Crippen LogP) is 3.58. The Bertz CT molecular complexity index is 1280. The van der Waals surface area contributed by atoms with Crippen LogP contribution in [0, 0.1) is 13.8 Å². The molecule has 32 heavy (non-hydrogen) atoms. The number of hydrogen-bond donors (Lipinski definition) is 2. The van der Waals surface area contributed by atoms with E-state index in [-0.39, 0.29) is 18.0 Å². The highest BCUT2D eigenvalue weighted by Gasteiger charge is 2.33. The van der Waals surface area contributed by atoms with Crippen molar-refractivity contribution in [2.45, 2.75) is 45.3 Å². The van der Waals surface area contributed by atoms with Gasteiger partial charge >= 0.3 is 0 Å². The summed E-state index contributed by atoms with van der Waals surface area (Å²) >= 11 is 0. The third kappa shape index (κ3) is 3.91. The molecule has 0 spiro atoms. The first-order chi connectivity index (χ1) is 15.6. The fraction of sp³-hybridized carbons (Fsp3) is 0.292. The van der Waals surface area contributed by atoms with Gasteiger partial charge in [-0.3, -0.25) is 4.79 Å². The minimum atomic E-state index is -0.127. The zero-order valence-electron chi connectivity index (χ0n) is 18.1. The van der Waals surface area contributed by atoms with Gasteiger partial charge in [-0.2, -0.15) is 0 Å². The largest absolute Gasteiger partial charge is 0.364 e. The molecule has 8 heteroatoms. The van der Waals surface area contributed by atoms with Crippen LogP contribution in [0.4, 0.5) is 5.82 Å². The summed E-state index contributed by atoms with van der Waals surface area (Å²) in [5, 5.41) is 6.47. The molecule has 0 atom stereocenters. The summed E-state index contributed by atoms with van der Waals surface area (Å²) in [7, 11) is 0. The lowest BCUT2D eigenvalue weighted by atomic mass is 9.86. The third-order valence-electron chi connectivity index (χ3n) is 6.03. The second-order valence-corrected chi connectivity index (χ2v) is 8.29. The standard InChI is InChI=1S/C24H25N7O/c1-15-6-3-4-8-17(15)12-25-22-21-23(27-13-26-22)31(14-28-21)19-10-18(11-19)30-24(32)20-9-5-7-16(2)29-20/h3-9,13-14,18-19H,10-12H2,1-2H3,(H,30,32)(H,25,26,27). The van der Waals surface area contributed by atoms with Crippen LogP contribution < -0.4 is 10.6 Å². The van der Waals surface area contributed by atoms with Gasteiger partial charge < -0.3 is 15.2 Å². The number of nitrogens with zero attached hydrogens (tertiary/aromatic N) is 5. The van der Waals surface area contributed by atoms with E-state index < -0.39 is 0 Å². The monoisotopic (exact) mass is 427 g/mol. The lowest BCUT2D eigenvalue weighted by Crippen LogP contribution is -2.45. The molecule has 1 aromatic carbocycles. The van der Waals surface area contributed by atoms with Gasteiger partial charge in [-0.15, -0.1) is 0 Å². The average molecular weight is 428 g/mol. The quantitative estimate of drug-likeness (QED) is 0.488. The van der Waals surface area contributed by atoms with Crippen molar-refractivity contribution >= 4 is 22.9 Å². The van der Waals surface area contributed by atoms with Gasteiger partial charge in [0.25, 0.3) is 5.91 Å². The Morgan fingerprint density at radius 3 is 2.72 bits per heavy atom. The zero-order valence-corrected chi connectivity index (χ0v) is 18.1. The lowest BCUT2D eigenvalue weighted by Gasteiger charge is -2.36. The summed E-state index contributed by atoms with van der Waals surface area (Å²) in [4.78, 5) is 30.2. The maximum atomic E-state index is 12.4. The minimum absolute atomic E-state index is 0.118. The molecule has 0 saturated heterocycles. The Kier molecular flexibility index (Phi) is 5.26. The fourth-order valence-corrected chi connectivity index (χ4v) is 4.10. The summed E-state index contributed by atoms with van der Waals surface area (Å²) in [6.07, 6.45) is 5.06. The van der Waals surface area contributed by atoms with E-state index in [0.717, 1.165) is 35.5 Å². The Labute approximate surface area is 186 Å². The van der Waals surface area contributed by atoms with Crippen LogP contribution in [0.2, 0.25) is 0 Å². The number of rotatable bonds is 6. The maximum absolute atomic E-state index is 12.4. The van der Waals surface area contributed by atoms with Crippen molar-refractivity contribution in [1.82, 2.24) is 29.8 Å². The molecule has 0 radical (unpaired) electrons. The molecular weight excluding hydrogens is 402 g/mol. The maximum Gasteiger partial charge on any atom is 0.270 e. The molecule has 2 N–H and O–H groups in total. The number of fused-ring (bicyclic) bond motifs is 1. The van der Waals surface area contributed by atoms with Gasteiger partial charge in [0.1, 0.15) is 17.5 Å². The summed E-state index contributed by atoms with van der Waals surface area (Å²) in [5.74, 6) is 0.601. The number of carbonyl (C=O) groups is 1. The van der Waals surface area contributed by atoms with Crippen molar-refractivity contribution in [1.29, 1.82) is 0 Å². The molecule has 4 aromatic rings. The molecule has 0 bridgehead atoms. The molecule has 0 unspecified atom stereocenters. The van der Waals surface area contributed by atoms with Crippen LogP contribution >= 0.6 is 0 Å². The number of aromatic nitrogens is 5.